The van der Waals surface area contributed by atoms with Crippen LogP contribution in [0.25, 0.3) is 0 Å². The Morgan fingerprint density at radius 1 is 1.25 bits per heavy atom. The molecule has 0 nitrogen and oxygen atoms in total. The molecule has 0 aromatic heterocycles. The fourth-order valence-corrected chi connectivity index (χ4v) is 0. The number of rotatable bonds is 0. The molecule has 0 N–H and O–H groups in total. The Morgan fingerprint density at radius 3 is 1.25 bits per heavy atom. The first-order valence-electron chi connectivity index (χ1n) is 0.378. The van der Waals surface area contributed by atoms with Crippen molar-refractivity contribution in [1.29, 1.82) is 0 Å². The zero-order chi connectivity index (χ0) is 2.00. The first-order valence-corrected chi connectivity index (χ1v) is 3.40. The molecule has 0 saturated heterocycles. The third-order valence-corrected chi connectivity index (χ3v) is 0. The van der Waals surface area contributed by atoms with Crippen molar-refractivity contribution < 1.29 is 37.6 Å². The topological polar surface area (TPSA) is 0 Å². The van der Waals surface area contributed by atoms with Gasteiger partial charge < -0.3 is 0 Å². The molecule has 4 heteroatoms. The van der Waals surface area contributed by atoms with E-state index in [1.54, 1.807) is 0 Å². The number of halogens is 1. The fourth-order valence-electron chi connectivity index (χ4n) is 0. The molecule has 0 atom stereocenters. The van der Waals surface area contributed by atoms with Gasteiger partial charge in [-0.15, -0.1) is 0 Å². The van der Waals surface area contributed by atoms with E-state index in [9.17, 15) is 0 Å². The van der Waals surface area contributed by atoms with Crippen LogP contribution in [0.15, 0.2) is 0 Å². The monoisotopic (exact) mass is 306 g/mol. The van der Waals surface area contributed by atoms with Gasteiger partial charge in [-0.2, -0.15) is 0 Å². The largest absolute Gasteiger partial charge is 0.353 e. The molecule has 0 aliphatic heterocycles. The summed E-state index contributed by atoms with van der Waals surface area (Å²) in [4.78, 5) is 0. The zero-order valence-electron chi connectivity index (χ0n) is 2.10. The van der Waals surface area contributed by atoms with Crippen LogP contribution in [0.3, 0.4) is 0 Å². The van der Waals surface area contributed by atoms with Gasteiger partial charge in [0, 0.05) is 37.6 Å². The van der Waals surface area contributed by atoms with Crippen molar-refractivity contribution in [1.82, 2.24) is 0 Å². The van der Waals surface area contributed by atoms with Gasteiger partial charge in [0.05, 0.1) is 0 Å². The molecule has 0 rings (SSSR count). The average molecular weight is 307 g/mol. The molecule has 4 heavy (non-hydrogen) atoms. The summed E-state index contributed by atoms with van der Waals surface area (Å²) in [5.41, 5.74) is 0. The summed E-state index contributed by atoms with van der Waals surface area (Å²) in [7, 11) is 4.78. The maximum absolute atomic E-state index is 4.78. The van der Waals surface area contributed by atoms with Crippen LogP contribution in [0.1, 0.15) is 0 Å². The van der Waals surface area contributed by atoms with E-state index < -0.39 is 0 Å². The SMILES string of the molecule is [AlH2][Cl].[Ni].[W]. The van der Waals surface area contributed by atoms with Crippen LogP contribution < -0.4 is 0 Å². The Bertz CT molecular complexity index is 8.00. The van der Waals surface area contributed by atoms with Crippen molar-refractivity contribution in [3.05, 3.63) is 0 Å². The van der Waals surface area contributed by atoms with Crippen LogP contribution in [0, 0.1) is 0 Å². The molecule has 0 fully saturated rings. The number of hydrogen-bond donors (Lipinski definition) is 0. The standard InChI is InChI=1S/Al.ClH.Ni.W.2H/h;1H;;;;/q+1;;;;;/p-1. The normalized spacial score (nSPS) is 1.25. The van der Waals surface area contributed by atoms with E-state index >= 15 is 0 Å². The summed E-state index contributed by atoms with van der Waals surface area (Å²) in [6, 6.07) is 0. The Morgan fingerprint density at radius 2 is 1.25 bits per heavy atom. The van der Waals surface area contributed by atoms with Gasteiger partial charge in [0.15, 0.2) is 0 Å². The Kier molecular flexibility index (Phi) is 83.2. The molecule has 0 radical (unpaired) electrons. The molecule has 0 unspecified atom stereocenters. The second kappa shape index (κ2) is 20.0. The predicted octanol–water partition coefficient (Wildman–Crippen LogP) is -0.232. The van der Waals surface area contributed by atoms with Gasteiger partial charge in [-0.1, -0.05) is 0 Å². The van der Waals surface area contributed by atoms with Gasteiger partial charge in [0.25, 0.3) is 0 Å². The molecule has 0 aliphatic rings. The first kappa shape index (κ1) is 16.7. The summed E-state index contributed by atoms with van der Waals surface area (Å²) >= 11 is 0.778. The van der Waals surface area contributed by atoms with Gasteiger partial charge in [0.2, 0.25) is 0 Å². The molecule has 0 aromatic rings. The number of hydrogen-bond acceptors (Lipinski definition) is 0. The van der Waals surface area contributed by atoms with Gasteiger partial charge in [0.1, 0.15) is 0 Å². The van der Waals surface area contributed by atoms with E-state index in [0.717, 1.165) is 15.4 Å². The molecule has 0 amide bonds. The third-order valence-electron chi connectivity index (χ3n) is 0. The van der Waals surface area contributed by atoms with Crippen molar-refractivity contribution in [2.24, 2.45) is 0 Å². The van der Waals surface area contributed by atoms with E-state index in [1.165, 1.54) is 0 Å². The Labute approximate surface area is 62.5 Å². The molecule has 0 bridgehead atoms. The van der Waals surface area contributed by atoms with Crippen LogP contribution >= 0.6 is 10.0 Å². The molecule has 0 heterocycles. The van der Waals surface area contributed by atoms with Crippen molar-refractivity contribution in [2.45, 2.75) is 0 Å². The minimum Gasteiger partial charge on any atom is -0.273 e. The minimum absolute atomic E-state index is 0. The quantitative estimate of drug-likeness (QED) is 0.542. The van der Waals surface area contributed by atoms with Crippen LogP contribution in [0.4, 0.5) is 0 Å². The van der Waals surface area contributed by atoms with Crippen LogP contribution in [-0.4, -0.2) is 15.4 Å². The van der Waals surface area contributed by atoms with Crippen molar-refractivity contribution in [3.63, 3.8) is 0 Å². The molecular weight excluding hydrogens is 305 g/mol. The summed E-state index contributed by atoms with van der Waals surface area (Å²) in [5.74, 6) is 0. The molecule has 0 saturated carbocycles. The van der Waals surface area contributed by atoms with Crippen LogP contribution in [0.2, 0.25) is 0 Å². The second-order valence-corrected chi connectivity index (χ2v) is 0. The molecular formula is H2AlClNiW. The van der Waals surface area contributed by atoms with Gasteiger partial charge in [-0.25, -0.2) is 0 Å². The summed E-state index contributed by atoms with van der Waals surface area (Å²) in [6.45, 7) is 0. The Balaban J connectivity index is -0.00000000500. The van der Waals surface area contributed by atoms with E-state index in [-0.39, 0.29) is 37.6 Å². The van der Waals surface area contributed by atoms with Crippen LogP contribution in [-0.2, 0) is 37.6 Å². The maximum Gasteiger partial charge on any atom is 0.353 e. The summed E-state index contributed by atoms with van der Waals surface area (Å²) < 4.78 is 0. The van der Waals surface area contributed by atoms with E-state index in [0.29, 0.717) is 0 Å². The average Bonchev–Trinajstić information content (AvgIpc) is 1.00. The van der Waals surface area contributed by atoms with Crippen molar-refractivity contribution >= 4 is 25.4 Å². The third kappa shape index (κ3) is 9.00. The van der Waals surface area contributed by atoms with Crippen LogP contribution in [0.5, 0.6) is 0 Å². The minimum atomic E-state index is 0. The second-order valence-electron chi connectivity index (χ2n) is 0. The maximum atomic E-state index is 4.78. The summed E-state index contributed by atoms with van der Waals surface area (Å²) in [6.07, 6.45) is 0. The molecule has 28 valence electrons. The van der Waals surface area contributed by atoms with E-state index in [4.69, 9.17) is 10.0 Å². The van der Waals surface area contributed by atoms with Gasteiger partial charge in [-0.3, -0.25) is 10.0 Å². The zero-order valence-corrected chi connectivity index (χ0v) is 8.78. The van der Waals surface area contributed by atoms with Gasteiger partial charge >= 0.3 is 15.4 Å². The molecule has 0 spiro atoms. The van der Waals surface area contributed by atoms with Gasteiger partial charge in [-0.05, 0) is 0 Å². The fraction of sp³-hybridized carbons (Fsp3) is 0. The van der Waals surface area contributed by atoms with E-state index in [1.807, 2.05) is 0 Å². The van der Waals surface area contributed by atoms with E-state index in [2.05, 4.69) is 0 Å². The predicted molar refractivity (Wildman–Crippen MR) is 14.4 cm³/mol. The molecule has 0 aromatic carbocycles. The summed E-state index contributed by atoms with van der Waals surface area (Å²) in [5, 5.41) is 0. The molecule has 0 aliphatic carbocycles. The van der Waals surface area contributed by atoms with Crippen molar-refractivity contribution in [3.8, 4) is 0 Å². The Hall–Kier alpha value is 2.00. The van der Waals surface area contributed by atoms with Crippen molar-refractivity contribution in [2.75, 3.05) is 0 Å². The first-order chi connectivity index (χ1) is 1.00. The smallest absolute Gasteiger partial charge is 0.273 e.